The van der Waals surface area contributed by atoms with Gasteiger partial charge >= 0.3 is 6.18 Å². The Morgan fingerprint density at radius 1 is 1.23 bits per heavy atom. The summed E-state index contributed by atoms with van der Waals surface area (Å²) >= 11 is 0. The van der Waals surface area contributed by atoms with E-state index in [1.807, 2.05) is 6.07 Å². The maximum Gasteiger partial charge on any atom is 0.419 e. The monoisotopic (exact) mass is 336 g/mol. The summed E-state index contributed by atoms with van der Waals surface area (Å²) in [4.78, 5) is -0.600. The van der Waals surface area contributed by atoms with Crippen molar-refractivity contribution in [3.8, 4) is 6.07 Å². The molecule has 0 N–H and O–H groups in total. The molecule has 0 bridgehead atoms. The van der Waals surface area contributed by atoms with Crippen molar-refractivity contribution in [3.63, 3.8) is 0 Å². The zero-order valence-electron chi connectivity index (χ0n) is 11.3. The van der Waals surface area contributed by atoms with Gasteiger partial charge in [-0.15, -0.1) is 0 Å². The summed E-state index contributed by atoms with van der Waals surface area (Å²) in [5.74, 6) is -1.78. The molecule has 1 aromatic rings. The fourth-order valence-corrected chi connectivity index (χ4v) is 3.75. The fraction of sp³-hybridized carbons (Fsp3) is 0.462. The first-order valence-corrected chi connectivity index (χ1v) is 7.87. The third-order valence-corrected chi connectivity index (χ3v) is 5.41. The van der Waals surface area contributed by atoms with E-state index >= 15 is 0 Å². The van der Waals surface area contributed by atoms with Crippen molar-refractivity contribution in [2.45, 2.75) is 23.9 Å². The van der Waals surface area contributed by atoms with Gasteiger partial charge in [-0.1, -0.05) is 0 Å². The fourth-order valence-electron chi connectivity index (χ4n) is 2.26. The highest BCUT2D eigenvalue weighted by Crippen LogP contribution is 2.33. The summed E-state index contributed by atoms with van der Waals surface area (Å²) in [6.45, 7) is 0.110. The van der Waals surface area contributed by atoms with E-state index in [0.717, 1.165) is 10.4 Å². The molecule has 0 radical (unpaired) electrons. The standard InChI is InChI=1S/C13H12F4N2O2S/c14-12-2-1-10(7-11(12)13(15,16)17)22(20,21)19-5-3-9(8-18)4-6-19/h1-2,7,9H,3-6H2. The van der Waals surface area contributed by atoms with Gasteiger partial charge in [-0.2, -0.15) is 22.7 Å². The minimum atomic E-state index is -4.97. The van der Waals surface area contributed by atoms with Gasteiger partial charge in [-0.05, 0) is 31.0 Å². The zero-order valence-corrected chi connectivity index (χ0v) is 12.1. The van der Waals surface area contributed by atoms with Crippen LogP contribution in [0.15, 0.2) is 23.1 Å². The molecule has 1 aliphatic rings. The Balaban J connectivity index is 2.33. The summed E-state index contributed by atoms with van der Waals surface area (Å²) in [5.41, 5.74) is -1.61. The normalized spacial score (nSPS) is 18.1. The molecule has 1 aliphatic heterocycles. The Labute approximate surface area is 125 Å². The van der Waals surface area contributed by atoms with Gasteiger partial charge in [0, 0.05) is 19.0 Å². The van der Waals surface area contributed by atoms with Crippen molar-refractivity contribution in [1.82, 2.24) is 4.31 Å². The van der Waals surface area contributed by atoms with E-state index in [9.17, 15) is 26.0 Å². The lowest BCUT2D eigenvalue weighted by Gasteiger charge is -2.28. The van der Waals surface area contributed by atoms with Crippen LogP contribution in [0.1, 0.15) is 18.4 Å². The van der Waals surface area contributed by atoms with Crippen LogP contribution >= 0.6 is 0 Å². The van der Waals surface area contributed by atoms with Crippen LogP contribution in [-0.4, -0.2) is 25.8 Å². The van der Waals surface area contributed by atoms with Gasteiger partial charge in [0.1, 0.15) is 5.82 Å². The predicted octanol–water partition coefficient (Wildman–Crippen LogP) is 2.77. The average molecular weight is 336 g/mol. The second kappa shape index (κ2) is 5.85. The highest BCUT2D eigenvalue weighted by atomic mass is 32.2. The zero-order chi connectivity index (χ0) is 16.5. The number of sulfonamides is 1. The molecule has 0 saturated carbocycles. The lowest BCUT2D eigenvalue weighted by atomic mass is 10.0. The number of nitriles is 1. The maximum absolute atomic E-state index is 13.2. The number of hydrogen-bond donors (Lipinski definition) is 0. The molecule has 1 fully saturated rings. The van der Waals surface area contributed by atoms with Crippen LogP contribution in [0.5, 0.6) is 0 Å². The largest absolute Gasteiger partial charge is 0.419 e. The molecule has 1 heterocycles. The second-order valence-corrected chi connectivity index (χ2v) is 6.88. The van der Waals surface area contributed by atoms with Crippen molar-refractivity contribution >= 4 is 10.0 Å². The smallest absolute Gasteiger partial charge is 0.207 e. The van der Waals surface area contributed by atoms with E-state index in [2.05, 4.69) is 0 Å². The van der Waals surface area contributed by atoms with E-state index in [4.69, 9.17) is 5.26 Å². The molecule has 4 nitrogen and oxygen atoms in total. The molecule has 0 spiro atoms. The Hall–Kier alpha value is -1.66. The summed E-state index contributed by atoms with van der Waals surface area (Å²) in [6, 6.07) is 3.65. The van der Waals surface area contributed by atoms with Gasteiger partial charge in [-0.25, -0.2) is 12.8 Å². The molecule has 1 saturated heterocycles. The Morgan fingerprint density at radius 2 is 1.82 bits per heavy atom. The summed E-state index contributed by atoms with van der Waals surface area (Å²) in [5, 5.41) is 8.77. The quantitative estimate of drug-likeness (QED) is 0.780. The first kappa shape index (κ1) is 16.7. The van der Waals surface area contributed by atoms with E-state index < -0.39 is 32.5 Å². The van der Waals surface area contributed by atoms with Gasteiger partial charge in [-0.3, -0.25) is 0 Å². The molecule has 0 aromatic heterocycles. The van der Waals surface area contributed by atoms with Crippen LogP contribution in [0.2, 0.25) is 0 Å². The third kappa shape index (κ3) is 3.23. The number of alkyl halides is 3. The van der Waals surface area contributed by atoms with Crippen LogP contribution in [-0.2, 0) is 16.2 Å². The lowest BCUT2D eigenvalue weighted by molar-refractivity contribution is -0.140. The van der Waals surface area contributed by atoms with Crippen LogP contribution in [0.3, 0.4) is 0 Å². The highest BCUT2D eigenvalue weighted by molar-refractivity contribution is 7.89. The number of piperidine rings is 1. The first-order chi connectivity index (χ1) is 10.2. The van der Waals surface area contributed by atoms with E-state index in [1.54, 1.807) is 0 Å². The van der Waals surface area contributed by atoms with E-state index in [1.165, 1.54) is 0 Å². The molecule has 0 amide bonds. The van der Waals surface area contributed by atoms with Gasteiger partial charge in [0.2, 0.25) is 10.0 Å². The van der Waals surface area contributed by atoms with E-state index in [-0.39, 0.29) is 19.0 Å². The average Bonchev–Trinajstić information content (AvgIpc) is 2.46. The summed E-state index contributed by atoms with van der Waals surface area (Å²) in [6.07, 6.45) is -4.32. The molecule has 0 aliphatic carbocycles. The van der Waals surface area contributed by atoms with Crippen LogP contribution in [0.4, 0.5) is 17.6 Å². The molecule has 0 unspecified atom stereocenters. The minimum absolute atomic E-state index is 0.0548. The predicted molar refractivity (Wildman–Crippen MR) is 68.5 cm³/mol. The minimum Gasteiger partial charge on any atom is -0.207 e. The van der Waals surface area contributed by atoms with Crippen LogP contribution in [0.25, 0.3) is 0 Å². The molecular weight excluding hydrogens is 324 g/mol. The van der Waals surface area contributed by atoms with Gasteiger partial charge in [0.25, 0.3) is 0 Å². The Morgan fingerprint density at radius 3 is 2.32 bits per heavy atom. The first-order valence-electron chi connectivity index (χ1n) is 6.43. The van der Waals surface area contributed by atoms with Crippen molar-refractivity contribution in [2.24, 2.45) is 5.92 Å². The molecule has 2 rings (SSSR count). The van der Waals surface area contributed by atoms with Gasteiger partial charge < -0.3 is 0 Å². The van der Waals surface area contributed by atoms with E-state index in [0.29, 0.717) is 25.0 Å². The number of hydrogen-bond acceptors (Lipinski definition) is 3. The van der Waals surface area contributed by atoms with Gasteiger partial charge in [0.05, 0.1) is 16.5 Å². The number of halogens is 4. The maximum atomic E-state index is 13.2. The summed E-state index contributed by atoms with van der Waals surface area (Å²) in [7, 11) is -4.14. The van der Waals surface area contributed by atoms with Crippen molar-refractivity contribution in [3.05, 3.63) is 29.6 Å². The second-order valence-electron chi connectivity index (χ2n) is 4.95. The van der Waals surface area contributed by atoms with Crippen molar-refractivity contribution in [2.75, 3.05) is 13.1 Å². The molecule has 1 aromatic carbocycles. The van der Waals surface area contributed by atoms with Crippen LogP contribution in [0, 0.1) is 23.1 Å². The Bertz CT molecular complexity index is 702. The van der Waals surface area contributed by atoms with Gasteiger partial charge in [0.15, 0.2) is 0 Å². The molecule has 9 heteroatoms. The number of nitrogens with zero attached hydrogens (tertiary/aromatic N) is 2. The SMILES string of the molecule is N#CC1CCN(S(=O)(=O)c2ccc(F)c(C(F)(F)F)c2)CC1. The molecule has 22 heavy (non-hydrogen) atoms. The molecule has 120 valence electrons. The third-order valence-electron chi connectivity index (χ3n) is 3.52. The topological polar surface area (TPSA) is 61.2 Å². The highest BCUT2D eigenvalue weighted by Gasteiger charge is 2.36. The lowest BCUT2D eigenvalue weighted by Crippen LogP contribution is -2.38. The van der Waals surface area contributed by atoms with Crippen molar-refractivity contribution < 1.29 is 26.0 Å². The Kier molecular flexibility index (Phi) is 4.44. The van der Waals surface area contributed by atoms with Crippen LogP contribution < -0.4 is 0 Å². The summed E-state index contributed by atoms with van der Waals surface area (Å²) < 4.78 is 76.9. The molecular formula is C13H12F4N2O2S. The molecule has 0 atom stereocenters. The number of benzene rings is 1. The number of rotatable bonds is 2. The van der Waals surface area contributed by atoms with Crippen molar-refractivity contribution in [1.29, 1.82) is 5.26 Å².